The van der Waals surface area contributed by atoms with Gasteiger partial charge in [-0.05, 0) is 29.3 Å². The topological polar surface area (TPSA) is 64.1 Å². The molecular formula is C21H27F2N3O3. The molecule has 158 valence electrons. The summed E-state index contributed by atoms with van der Waals surface area (Å²) in [6.07, 6.45) is 0. The Hall–Kier alpha value is -3.03. The van der Waals surface area contributed by atoms with E-state index in [9.17, 15) is 8.78 Å². The van der Waals surface area contributed by atoms with Gasteiger partial charge in [0, 0.05) is 32.1 Å². The first-order valence-electron chi connectivity index (χ1n) is 9.11. The Bertz CT molecular complexity index is 834. The zero-order valence-corrected chi connectivity index (χ0v) is 17.3. The standard InChI is InChI=1S/C21H27F2N3O3/c1-13(16-7-6-15(22)10-17(16)23)11-25-21(24-2)26-12-14-8-18(27-3)20(29-5)19(9-14)28-4/h6-10,13H,11-12H2,1-5H3,(H2,24,25,26). The highest BCUT2D eigenvalue weighted by atomic mass is 19.1. The first-order valence-corrected chi connectivity index (χ1v) is 9.11. The number of benzene rings is 2. The molecule has 0 spiro atoms. The van der Waals surface area contributed by atoms with Gasteiger partial charge in [0.2, 0.25) is 5.75 Å². The zero-order valence-electron chi connectivity index (χ0n) is 17.3. The fraction of sp³-hybridized carbons (Fsp3) is 0.381. The van der Waals surface area contributed by atoms with E-state index >= 15 is 0 Å². The summed E-state index contributed by atoms with van der Waals surface area (Å²) in [6, 6.07) is 7.30. The van der Waals surface area contributed by atoms with Crippen molar-refractivity contribution in [2.24, 2.45) is 4.99 Å². The number of ether oxygens (including phenoxy) is 3. The van der Waals surface area contributed by atoms with Crippen LogP contribution in [-0.2, 0) is 6.54 Å². The Balaban J connectivity index is 2.00. The van der Waals surface area contributed by atoms with E-state index in [1.54, 1.807) is 28.4 Å². The predicted octanol–water partition coefficient (Wildman–Crippen LogP) is 3.46. The largest absolute Gasteiger partial charge is 0.493 e. The lowest BCUT2D eigenvalue weighted by Gasteiger charge is -2.18. The molecule has 0 aliphatic rings. The molecule has 0 saturated carbocycles. The van der Waals surface area contributed by atoms with Crippen LogP contribution in [0.2, 0.25) is 0 Å². The van der Waals surface area contributed by atoms with Crippen LogP contribution in [0, 0.1) is 11.6 Å². The normalized spacial score (nSPS) is 12.3. The Morgan fingerprint density at radius 1 is 1.00 bits per heavy atom. The lowest BCUT2D eigenvalue weighted by atomic mass is 10.0. The number of rotatable bonds is 8. The minimum absolute atomic E-state index is 0.171. The highest BCUT2D eigenvalue weighted by Crippen LogP contribution is 2.38. The van der Waals surface area contributed by atoms with Crippen molar-refractivity contribution in [1.82, 2.24) is 10.6 Å². The summed E-state index contributed by atoms with van der Waals surface area (Å²) in [5, 5.41) is 6.34. The number of aliphatic imine (C=N–C) groups is 1. The smallest absolute Gasteiger partial charge is 0.203 e. The van der Waals surface area contributed by atoms with Gasteiger partial charge >= 0.3 is 0 Å². The summed E-state index contributed by atoms with van der Waals surface area (Å²) in [5.74, 6) is 0.882. The first kappa shape index (κ1) is 22.3. The molecular weight excluding hydrogens is 380 g/mol. The molecule has 0 bridgehead atoms. The molecule has 0 aliphatic carbocycles. The van der Waals surface area contributed by atoms with Crippen LogP contribution >= 0.6 is 0 Å². The lowest BCUT2D eigenvalue weighted by Crippen LogP contribution is -2.38. The molecule has 0 aliphatic heterocycles. The second kappa shape index (κ2) is 10.5. The van der Waals surface area contributed by atoms with Crippen LogP contribution in [0.5, 0.6) is 17.2 Å². The summed E-state index contributed by atoms with van der Waals surface area (Å²) in [6.45, 7) is 2.74. The zero-order chi connectivity index (χ0) is 21.4. The summed E-state index contributed by atoms with van der Waals surface area (Å²) in [4.78, 5) is 4.18. The van der Waals surface area contributed by atoms with E-state index in [4.69, 9.17) is 14.2 Å². The molecule has 29 heavy (non-hydrogen) atoms. The molecule has 0 amide bonds. The van der Waals surface area contributed by atoms with Gasteiger partial charge in [0.25, 0.3) is 0 Å². The highest BCUT2D eigenvalue weighted by Gasteiger charge is 2.14. The molecule has 8 heteroatoms. The molecule has 2 rings (SSSR count). The minimum atomic E-state index is -0.589. The maximum absolute atomic E-state index is 13.9. The van der Waals surface area contributed by atoms with Crippen LogP contribution in [-0.4, -0.2) is 40.9 Å². The average molecular weight is 407 g/mol. The third-order valence-electron chi connectivity index (χ3n) is 4.48. The van der Waals surface area contributed by atoms with Crippen molar-refractivity contribution in [3.63, 3.8) is 0 Å². The number of nitrogens with one attached hydrogen (secondary N) is 2. The third-order valence-corrected chi connectivity index (χ3v) is 4.48. The van der Waals surface area contributed by atoms with Crippen molar-refractivity contribution in [3.05, 3.63) is 53.1 Å². The van der Waals surface area contributed by atoms with Crippen molar-refractivity contribution in [1.29, 1.82) is 0 Å². The SMILES string of the molecule is CN=C(NCc1cc(OC)c(OC)c(OC)c1)NCC(C)c1ccc(F)cc1F. The number of halogens is 2. The fourth-order valence-electron chi connectivity index (χ4n) is 2.90. The number of hydrogen-bond donors (Lipinski definition) is 2. The van der Waals surface area contributed by atoms with E-state index in [0.29, 0.717) is 41.9 Å². The molecule has 0 fully saturated rings. The predicted molar refractivity (Wildman–Crippen MR) is 109 cm³/mol. The van der Waals surface area contributed by atoms with Crippen molar-refractivity contribution >= 4 is 5.96 Å². The van der Waals surface area contributed by atoms with Gasteiger partial charge in [-0.3, -0.25) is 4.99 Å². The van der Waals surface area contributed by atoms with Gasteiger partial charge in [-0.2, -0.15) is 0 Å². The number of guanidine groups is 1. The van der Waals surface area contributed by atoms with E-state index in [-0.39, 0.29) is 5.92 Å². The number of hydrogen-bond acceptors (Lipinski definition) is 4. The molecule has 0 heterocycles. The van der Waals surface area contributed by atoms with E-state index in [0.717, 1.165) is 11.6 Å². The van der Waals surface area contributed by atoms with Crippen LogP contribution in [0.3, 0.4) is 0 Å². The second-order valence-electron chi connectivity index (χ2n) is 6.41. The van der Waals surface area contributed by atoms with E-state index in [1.165, 1.54) is 12.1 Å². The molecule has 2 aromatic carbocycles. The Kier molecular flexibility index (Phi) is 8.06. The van der Waals surface area contributed by atoms with Gasteiger partial charge in [-0.25, -0.2) is 8.78 Å². The van der Waals surface area contributed by atoms with Crippen LogP contribution in [0.4, 0.5) is 8.78 Å². The maximum Gasteiger partial charge on any atom is 0.203 e. The molecule has 6 nitrogen and oxygen atoms in total. The third kappa shape index (κ3) is 5.73. The van der Waals surface area contributed by atoms with Crippen LogP contribution < -0.4 is 24.8 Å². The summed E-state index contributed by atoms with van der Waals surface area (Å²) in [7, 11) is 6.32. The average Bonchev–Trinajstić information content (AvgIpc) is 2.72. The van der Waals surface area contributed by atoms with Crippen LogP contribution in [0.15, 0.2) is 35.3 Å². The van der Waals surface area contributed by atoms with E-state index < -0.39 is 11.6 Å². The van der Waals surface area contributed by atoms with Gasteiger partial charge < -0.3 is 24.8 Å². The van der Waals surface area contributed by atoms with E-state index in [1.807, 2.05) is 19.1 Å². The summed E-state index contributed by atoms with van der Waals surface area (Å²) in [5.41, 5.74) is 1.35. The monoisotopic (exact) mass is 407 g/mol. The fourth-order valence-corrected chi connectivity index (χ4v) is 2.90. The summed E-state index contributed by atoms with van der Waals surface area (Å²) < 4.78 is 43.1. The number of nitrogens with zero attached hydrogens (tertiary/aromatic N) is 1. The van der Waals surface area contributed by atoms with Crippen LogP contribution in [0.1, 0.15) is 24.0 Å². The maximum atomic E-state index is 13.9. The minimum Gasteiger partial charge on any atom is -0.493 e. The Labute approximate surface area is 169 Å². The van der Waals surface area contributed by atoms with Gasteiger partial charge in [0.15, 0.2) is 17.5 Å². The van der Waals surface area contributed by atoms with Crippen molar-refractivity contribution < 1.29 is 23.0 Å². The van der Waals surface area contributed by atoms with Crippen LogP contribution in [0.25, 0.3) is 0 Å². The molecule has 2 aromatic rings. The number of methoxy groups -OCH3 is 3. The molecule has 1 unspecified atom stereocenters. The lowest BCUT2D eigenvalue weighted by molar-refractivity contribution is 0.323. The highest BCUT2D eigenvalue weighted by molar-refractivity contribution is 5.79. The molecule has 0 aromatic heterocycles. The van der Waals surface area contributed by atoms with E-state index in [2.05, 4.69) is 15.6 Å². The second-order valence-corrected chi connectivity index (χ2v) is 6.41. The molecule has 0 saturated heterocycles. The van der Waals surface area contributed by atoms with Gasteiger partial charge in [0.1, 0.15) is 11.6 Å². The summed E-state index contributed by atoms with van der Waals surface area (Å²) >= 11 is 0. The van der Waals surface area contributed by atoms with Gasteiger partial charge in [0.05, 0.1) is 21.3 Å². The first-order chi connectivity index (χ1) is 13.9. The Morgan fingerprint density at radius 3 is 2.17 bits per heavy atom. The van der Waals surface area contributed by atoms with Crippen molar-refractivity contribution in [2.45, 2.75) is 19.4 Å². The molecule has 0 radical (unpaired) electrons. The van der Waals surface area contributed by atoms with Gasteiger partial charge in [-0.1, -0.05) is 13.0 Å². The van der Waals surface area contributed by atoms with Crippen molar-refractivity contribution in [2.75, 3.05) is 34.9 Å². The van der Waals surface area contributed by atoms with Gasteiger partial charge in [-0.15, -0.1) is 0 Å². The quantitative estimate of drug-likeness (QED) is 0.518. The molecule has 1 atom stereocenters. The molecule has 2 N–H and O–H groups in total. The van der Waals surface area contributed by atoms with Crippen molar-refractivity contribution in [3.8, 4) is 17.2 Å². The Morgan fingerprint density at radius 2 is 1.66 bits per heavy atom.